The molecule has 0 aliphatic rings. The predicted molar refractivity (Wildman–Crippen MR) is 52.8 cm³/mol. The summed E-state index contributed by atoms with van der Waals surface area (Å²) in [6, 6.07) is 4.30. The molecule has 0 radical (unpaired) electrons. The second-order valence-corrected chi connectivity index (χ2v) is 4.02. The minimum Gasteiger partial charge on any atom is -0.299 e. The Hall–Kier alpha value is -0.540. The fourth-order valence-electron chi connectivity index (χ4n) is 0.767. The summed E-state index contributed by atoms with van der Waals surface area (Å²) in [7, 11) is 0. The summed E-state index contributed by atoms with van der Waals surface area (Å²) < 4.78 is 13.0. The summed E-state index contributed by atoms with van der Waals surface area (Å²) in [6.07, 6.45) is 0. The van der Waals surface area contributed by atoms with Gasteiger partial charge in [0, 0.05) is 9.92 Å². The lowest BCUT2D eigenvalue weighted by Gasteiger charge is -2.01. The van der Waals surface area contributed by atoms with Crippen LogP contribution in [0, 0.1) is 5.82 Å². The summed E-state index contributed by atoms with van der Waals surface area (Å²) in [5.41, 5.74) is 0. The van der Waals surface area contributed by atoms with Gasteiger partial charge in [-0.05, 0) is 25.1 Å². The van der Waals surface area contributed by atoms with Gasteiger partial charge >= 0.3 is 0 Å². The van der Waals surface area contributed by atoms with Crippen molar-refractivity contribution in [2.24, 2.45) is 0 Å². The molecular weight excluding hydrogens is 211 g/mol. The van der Waals surface area contributed by atoms with Gasteiger partial charge < -0.3 is 0 Å². The molecule has 0 amide bonds. The molecular formula is C9H8ClFOS. The molecule has 0 unspecified atom stereocenters. The fraction of sp³-hybridized carbons (Fsp3) is 0.222. The third-order valence-electron chi connectivity index (χ3n) is 1.32. The van der Waals surface area contributed by atoms with E-state index in [2.05, 4.69) is 0 Å². The molecule has 0 N–H and O–H groups in total. The zero-order valence-corrected chi connectivity index (χ0v) is 8.58. The van der Waals surface area contributed by atoms with Crippen molar-refractivity contribution in [3.8, 4) is 0 Å². The molecule has 1 nitrogen and oxygen atoms in total. The monoisotopic (exact) mass is 218 g/mol. The van der Waals surface area contributed by atoms with E-state index >= 15 is 0 Å². The van der Waals surface area contributed by atoms with E-state index in [1.165, 1.54) is 25.1 Å². The van der Waals surface area contributed by atoms with Gasteiger partial charge in [0.25, 0.3) is 0 Å². The Morgan fingerprint density at radius 1 is 1.62 bits per heavy atom. The second-order valence-electron chi connectivity index (χ2n) is 2.57. The molecule has 4 heteroatoms. The Labute approximate surface area is 85.3 Å². The fourth-order valence-corrected chi connectivity index (χ4v) is 1.78. The first-order chi connectivity index (χ1) is 6.09. The van der Waals surface area contributed by atoms with Gasteiger partial charge in [-0.15, -0.1) is 11.8 Å². The minimum atomic E-state index is -0.337. The lowest BCUT2D eigenvalue weighted by atomic mass is 10.3. The zero-order chi connectivity index (χ0) is 9.84. The average molecular weight is 219 g/mol. The Bertz CT molecular complexity index is 327. The maximum absolute atomic E-state index is 13.0. The van der Waals surface area contributed by atoms with Crippen LogP contribution in [0.2, 0.25) is 5.02 Å². The van der Waals surface area contributed by atoms with Gasteiger partial charge in [-0.3, -0.25) is 4.79 Å². The molecule has 13 heavy (non-hydrogen) atoms. The van der Waals surface area contributed by atoms with E-state index < -0.39 is 0 Å². The molecule has 0 aliphatic carbocycles. The van der Waals surface area contributed by atoms with Crippen LogP contribution in [0.4, 0.5) is 4.39 Å². The highest BCUT2D eigenvalue weighted by Crippen LogP contribution is 2.24. The Morgan fingerprint density at radius 2 is 2.31 bits per heavy atom. The minimum absolute atomic E-state index is 0.0179. The Balaban J connectivity index is 2.75. The van der Waals surface area contributed by atoms with E-state index in [1.807, 2.05) is 0 Å². The van der Waals surface area contributed by atoms with Crippen molar-refractivity contribution in [2.75, 3.05) is 5.75 Å². The van der Waals surface area contributed by atoms with E-state index in [-0.39, 0.29) is 17.4 Å². The van der Waals surface area contributed by atoms with Gasteiger partial charge in [-0.25, -0.2) is 4.39 Å². The molecule has 1 aromatic carbocycles. The van der Waals surface area contributed by atoms with Crippen molar-refractivity contribution in [3.05, 3.63) is 29.0 Å². The number of thioether (sulfide) groups is 1. The van der Waals surface area contributed by atoms with Gasteiger partial charge in [-0.2, -0.15) is 0 Å². The number of hydrogen-bond donors (Lipinski definition) is 0. The number of carbonyl (C=O) groups is 1. The summed E-state index contributed by atoms with van der Waals surface area (Å²) in [6.45, 7) is 1.47. The topological polar surface area (TPSA) is 17.1 Å². The number of carbonyl (C=O) groups excluding carboxylic acids is 1. The molecule has 0 fully saturated rings. The van der Waals surface area contributed by atoms with Crippen LogP contribution in [0.5, 0.6) is 0 Å². The summed E-state index contributed by atoms with van der Waals surface area (Å²) >= 11 is 6.83. The lowest BCUT2D eigenvalue weighted by molar-refractivity contribution is -0.114. The Morgan fingerprint density at radius 3 is 2.92 bits per heavy atom. The quantitative estimate of drug-likeness (QED) is 0.725. The van der Waals surface area contributed by atoms with Gasteiger partial charge in [0.1, 0.15) is 11.6 Å². The number of Topliss-reactive ketones (excluding diaryl/α,β-unsaturated/α-hetero) is 1. The first kappa shape index (κ1) is 10.5. The molecule has 0 atom stereocenters. The van der Waals surface area contributed by atoms with E-state index in [9.17, 15) is 9.18 Å². The van der Waals surface area contributed by atoms with Gasteiger partial charge in [0.2, 0.25) is 0 Å². The van der Waals surface area contributed by atoms with E-state index in [1.54, 1.807) is 0 Å². The average Bonchev–Trinajstić information content (AvgIpc) is 2.06. The van der Waals surface area contributed by atoms with E-state index in [4.69, 9.17) is 11.6 Å². The molecule has 1 aromatic rings. The third kappa shape index (κ3) is 3.36. The maximum Gasteiger partial charge on any atom is 0.140 e. The number of benzene rings is 1. The van der Waals surface area contributed by atoms with Crippen LogP contribution in [0.25, 0.3) is 0 Å². The number of rotatable bonds is 3. The molecule has 70 valence electrons. The molecule has 0 spiro atoms. The van der Waals surface area contributed by atoms with Crippen LogP contribution < -0.4 is 0 Å². The predicted octanol–water partition coefficient (Wildman–Crippen LogP) is 3.16. The molecule has 0 aromatic heterocycles. The summed E-state index contributed by atoms with van der Waals surface area (Å²) in [5, 5.41) is 0.479. The van der Waals surface area contributed by atoms with Crippen molar-refractivity contribution >= 4 is 29.1 Å². The van der Waals surface area contributed by atoms with Crippen LogP contribution in [-0.4, -0.2) is 11.5 Å². The van der Waals surface area contributed by atoms with Gasteiger partial charge in [0.05, 0.1) is 5.75 Å². The first-order valence-electron chi connectivity index (χ1n) is 3.67. The van der Waals surface area contributed by atoms with Crippen LogP contribution in [-0.2, 0) is 4.79 Å². The van der Waals surface area contributed by atoms with E-state index in [0.717, 1.165) is 11.8 Å². The maximum atomic E-state index is 13.0. The van der Waals surface area contributed by atoms with Crippen molar-refractivity contribution in [2.45, 2.75) is 11.8 Å². The van der Waals surface area contributed by atoms with Crippen molar-refractivity contribution in [1.82, 2.24) is 0 Å². The SMILES string of the molecule is CC(=O)CSc1cc(Cl)ccc1F. The van der Waals surface area contributed by atoms with Crippen LogP contribution in [0.3, 0.4) is 0 Å². The normalized spacial score (nSPS) is 10.1. The molecule has 1 rings (SSSR count). The van der Waals surface area contributed by atoms with Crippen LogP contribution >= 0.6 is 23.4 Å². The number of ketones is 1. The molecule has 0 bridgehead atoms. The molecule has 0 aliphatic heterocycles. The van der Waals surface area contributed by atoms with Crippen molar-refractivity contribution in [1.29, 1.82) is 0 Å². The third-order valence-corrected chi connectivity index (χ3v) is 2.73. The van der Waals surface area contributed by atoms with Gasteiger partial charge in [0.15, 0.2) is 0 Å². The molecule has 0 saturated carbocycles. The molecule has 0 heterocycles. The standard InChI is InChI=1S/C9H8ClFOS/c1-6(12)5-13-9-4-7(10)2-3-8(9)11/h2-4H,5H2,1H3. The highest BCUT2D eigenvalue weighted by Gasteiger charge is 2.04. The largest absolute Gasteiger partial charge is 0.299 e. The number of halogens is 2. The van der Waals surface area contributed by atoms with Crippen molar-refractivity contribution < 1.29 is 9.18 Å². The van der Waals surface area contributed by atoms with Crippen molar-refractivity contribution in [3.63, 3.8) is 0 Å². The molecule has 0 saturated heterocycles. The lowest BCUT2D eigenvalue weighted by Crippen LogP contribution is -1.93. The smallest absolute Gasteiger partial charge is 0.140 e. The van der Waals surface area contributed by atoms with Crippen LogP contribution in [0.15, 0.2) is 23.1 Å². The summed E-state index contributed by atoms with van der Waals surface area (Å²) in [5.74, 6) is -0.0444. The number of hydrogen-bond acceptors (Lipinski definition) is 2. The summed E-state index contributed by atoms with van der Waals surface area (Å²) in [4.78, 5) is 11.1. The Kier molecular flexibility index (Phi) is 3.75. The van der Waals surface area contributed by atoms with Crippen LogP contribution in [0.1, 0.15) is 6.92 Å². The van der Waals surface area contributed by atoms with Gasteiger partial charge in [-0.1, -0.05) is 11.6 Å². The van der Waals surface area contributed by atoms with E-state index in [0.29, 0.717) is 9.92 Å². The second kappa shape index (κ2) is 4.63. The first-order valence-corrected chi connectivity index (χ1v) is 5.03. The highest BCUT2D eigenvalue weighted by atomic mass is 35.5. The highest BCUT2D eigenvalue weighted by molar-refractivity contribution is 8.00. The zero-order valence-electron chi connectivity index (χ0n) is 7.01.